The van der Waals surface area contributed by atoms with Crippen LogP contribution in [0.3, 0.4) is 0 Å². The van der Waals surface area contributed by atoms with Crippen molar-refractivity contribution in [2.75, 3.05) is 67.3 Å². The van der Waals surface area contributed by atoms with Crippen molar-refractivity contribution < 1.29 is 83.4 Å². The van der Waals surface area contributed by atoms with E-state index in [0.717, 1.165) is 72.2 Å². The van der Waals surface area contributed by atoms with Crippen molar-refractivity contribution >= 4 is 92.4 Å². The number of hydrogen-bond donors (Lipinski definition) is 3. The Hall–Kier alpha value is -5.61. The number of anilines is 2. The number of halogens is 6. The van der Waals surface area contributed by atoms with Crippen LogP contribution >= 0.6 is 30.8 Å². The number of amides is 3. The van der Waals surface area contributed by atoms with Crippen LogP contribution in [-0.2, 0) is 61.8 Å². The minimum atomic E-state index is -4.71. The van der Waals surface area contributed by atoms with E-state index in [-0.39, 0.29) is 51.3 Å². The van der Waals surface area contributed by atoms with Crippen molar-refractivity contribution in [2.24, 2.45) is 0 Å². The van der Waals surface area contributed by atoms with Gasteiger partial charge in [0, 0.05) is 42.1 Å². The molecule has 0 bridgehead atoms. The molecule has 0 spiro atoms. The van der Waals surface area contributed by atoms with Gasteiger partial charge in [0.1, 0.15) is 25.0 Å². The maximum atomic E-state index is 14.4. The number of imide groups is 1. The van der Waals surface area contributed by atoms with Crippen molar-refractivity contribution in [2.45, 2.75) is 102 Å². The number of benzene rings is 3. The highest BCUT2D eigenvalue weighted by molar-refractivity contribution is 7.94. The van der Waals surface area contributed by atoms with E-state index in [9.17, 15) is 59.4 Å². The molecule has 27 heteroatoms. The summed E-state index contributed by atoms with van der Waals surface area (Å²) in [6.45, 7) is 7.71. The van der Waals surface area contributed by atoms with E-state index < -0.39 is 82.4 Å². The molecular weight excluding hydrogens is 1170 g/mol. The lowest BCUT2D eigenvalue weighted by Gasteiger charge is -2.31. The summed E-state index contributed by atoms with van der Waals surface area (Å²) >= 11 is 11.7. The number of sulfone groups is 1. The predicted octanol–water partition coefficient (Wildman–Crippen LogP) is 8.65. The van der Waals surface area contributed by atoms with Gasteiger partial charge in [0.15, 0.2) is 27.5 Å². The molecule has 2 aliphatic carbocycles. The average Bonchev–Trinajstić information content (AvgIpc) is 4.20. The molecule has 1 aliphatic heterocycles. The number of aryl methyl sites for hydroxylation is 2. The molecule has 1 fully saturated rings. The smallest absolute Gasteiger partial charge is 0.416 e. The first-order valence-electron chi connectivity index (χ1n) is 24.8. The summed E-state index contributed by atoms with van der Waals surface area (Å²) in [6.07, 6.45) is 13.1. The number of carboxylic acids is 1. The highest BCUT2D eigenvalue weighted by atomic mass is 35.5. The second-order valence-electron chi connectivity index (χ2n) is 18.9. The lowest BCUT2D eigenvalue weighted by atomic mass is 9.93. The topological polar surface area (TPSA) is 263 Å². The molecule has 0 saturated heterocycles. The number of carboxylic acid groups (broad SMARTS) is 1. The largest absolute Gasteiger partial charge is 0.778 e. The first-order valence-corrected chi connectivity index (χ1v) is 31.8. The molecule has 1 saturated carbocycles. The number of nitrogens with zero attached hydrogens (tertiary/aromatic N) is 3. The van der Waals surface area contributed by atoms with Gasteiger partial charge < -0.3 is 38.4 Å². The molecule has 0 radical (unpaired) electrons. The fourth-order valence-electron chi connectivity index (χ4n) is 7.98. The number of nitrogens with one attached hydrogen (secondary N) is 1. The molecule has 3 aromatic carbocycles. The highest BCUT2D eigenvalue weighted by Gasteiger charge is 2.41. The normalized spacial score (nSPS) is 15.4. The second kappa shape index (κ2) is 31.2. The van der Waals surface area contributed by atoms with Gasteiger partial charge >= 0.3 is 12.1 Å². The summed E-state index contributed by atoms with van der Waals surface area (Å²) in [4.78, 5) is 79.7. The van der Waals surface area contributed by atoms with Crippen molar-refractivity contribution in [3.8, 4) is 18.1 Å². The van der Waals surface area contributed by atoms with Gasteiger partial charge in [0.2, 0.25) is 5.91 Å². The number of rotatable bonds is 17. The van der Waals surface area contributed by atoms with E-state index in [1.807, 2.05) is 31.3 Å². The van der Waals surface area contributed by atoms with Crippen LogP contribution in [0, 0.1) is 25.1 Å². The Bertz CT molecular complexity index is 3110. The maximum absolute atomic E-state index is 14.4. The Morgan fingerprint density at radius 3 is 2.14 bits per heavy atom. The molecule has 2 heterocycles. The van der Waals surface area contributed by atoms with Crippen LogP contribution in [0.1, 0.15) is 104 Å². The summed E-state index contributed by atoms with van der Waals surface area (Å²) in [5, 5.41) is 13.6. The molecule has 3 unspecified atom stereocenters. The van der Waals surface area contributed by atoms with Crippen LogP contribution in [0.2, 0.25) is 5.02 Å². The number of alkyl halides is 4. The number of carbonyl (C=O) groups is 5. The van der Waals surface area contributed by atoms with E-state index in [0.29, 0.717) is 59.4 Å². The third-order valence-corrected chi connectivity index (χ3v) is 14.0. The molecule has 4 aromatic rings. The standard InChI is InChI=1S/C18H15ClFNO3.C15H22ClNO2.C15H12F3NO4S.C3H8NO5P.C3H9S/c1-3-10(2)24-16-9-15(14(20)8-13(16)19)21-17(22)11-6-4-5-7-12(11)18(21)23;1-5-13-8-6-7-11(2)15(13)17(14(18)9-16)12(3)10-19-4;1-24(21,22)12-6-9(15(16,17)18)4-5-10(12)13(20)11-7-19-23-14(11)8-2-3-8;5-3(6)1-4-2-10(7,8)9;1-4(2)3/h1,8-10H,4-7H2,2H3;6-8,12H,5,9-10H2,1-4H3;4-8H,2-3H2,1H3;4H,1-2H2,(H,5,6)(H2,7,8,9);1-3H3/q;;;;+1/p-1. The minimum absolute atomic E-state index is 0.0223. The number of para-hydroxylation sites is 1. The van der Waals surface area contributed by atoms with Crippen LogP contribution in [0.15, 0.2) is 75.3 Å². The molecule has 18 nitrogen and oxygen atoms in total. The monoisotopic (exact) mass is 1230 g/mol. The Morgan fingerprint density at radius 2 is 1.65 bits per heavy atom. The number of ketones is 1. The molecule has 3 atom stereocenters. The van der Waals surface area contributed by atoms with Crippen molar-refractivity contribution in [1.29, 1.82) is 0 Å². The van der Waals surface area contributed by atoms with Gasteiger partial charge in [0.05, 0.1) is 82.9 Å². The molecule has 7 rings (SSSR count). The zero-order valence-corrected chi connectivity index (χ0v) is 50.0. The predicted molar refractivity (Wildman–Crippen MR) is 300 cm³/mol. The SMILES string of the molecule is C#CC(C)Oc1cc(N2C(=O)C3=C(CCCC3)C2=O)c(F)cc1Cl.CCc1cccc(C)c1N(C(=O)CCl)C(C)COC.CS(=O)(=O)c1cc(C(F)(F)F)ccc1C(=O)c1cnoc1C1CC1.C[S+](C)C.O=C(O)CNCP(=O)([O-])O. The first kappa shape index (κ1) is 69.7. The Labute approximate surface area is 481 Å². The molecule has 444 valence electrons. The lowest BCUT2D eigenvalue weighted by Crippen LogP contribution is -2.43. The molecular formula is C54H65Cl2F4N4O14PS2. The number of aromatic nitrogens is 1. The molecule has 3 N–H and O–H groups in total. The van der Waals surface area contributed by atoms with Gasteiger partial charge in [-0.05, 0) is 112 Å². The van der Waals surface area contributed by atoms with Gasteiger partial charge in [0.25, 0.3) is 11.8 Å². The number of aliphatic carboxylic acids is 1. The average molecular weight is 1240 g/mol. The number of methoxy groups -OCH3 is 1. The quantitative estimate of drug-likeness (QED) is 0.0170. The summed E-state index contributed by atoms with van der Waals surface area (Å²) in [7, 11) is -6.11. The van der Waals surface area contributed by atoms with E-state index in [1.165, 1.54) is 12.3 Å². The molecule has 81 heavy (non-hydrogen) atoms. The van der Waals surface area contributed by atoms with Crippen LogP contribution in [0.5, 0.6) is 5.75 Å². The number of terminal acetylenes is 1. The number of hydrogen-bond acceptors (Lipinski definition) is 14. The minimum Gasteiger partial charge on any atom is -0.778 e. The van der Waals surface area contributed by atoms with Gasteiger partial charge in [-0.1, -0.05) is 47.8 Å². The fraction of sp³-hybridized carbons (Fsp3) is 0.444. The summed E-state index contributed by atoms with van der Waals surface area (Å²) in [6, 6.07) is 10.4. The van der Waals surface area contributed by atoms with E-state index in [2.05, 4.69) is 42.8 Å². The zero-order chi connectivity index (χ0) is 61.3. The third-order valence-electron chi connectivity index (χ3n) is 11.7. The van der Waals surface area contributed by atoms with Crippen molar-refractivity contribution in [3.05, 3.63) is 110 Å². The second-order valence-corrected chi connectivity index (χ2v) is 25.6. The van der Waals surface area contributed by atoms with Gasteiger partial charge in [-0.3, -0.25) is 29.3 Å². The van der Waals surface area contributed by atoms with Crippen LogP contribution in [0.4, 0.5) is 28.9 Å². The van der Waals surface area contributed by atoms with Gasteiger partial charge in [-0.15, -0.1) is 18.0 Å². The maximum Gasteiger partial charge on any atom is 0.416 e. The molecule has 3 amide bonds. The Kier molecular flexibility index (Phi) is 26.8. The zero-order valence-electron chi connectivity index (χ0n) is 46.0. The molecule has 3 aliphatic rings. The first-order chi connectivity index (χ1) is 37.7. The molecule has 1 aromatic heterocycles. The van der Waals surface area contributed by atoms with Crippen LogP contribution in [-0.4, -0.2) is 123 Å². The number of ether oxygens (including phenoxy) is 2. The van der Waals surface area contributed by atoms with E-state index in [1.54, 1.807) is 18.9 Å². The Balaban J connectivity index is 0.000000287. The van der Waals surface area contributed by atoms with E-state index in [4.69, 9.17) is 53.6 Å². The third kappa shape index (κ3) is 20.7. The van der Waals surface area contributed by atoms with Gasteiger partial charge in [-0.25, -0.2) is 17.7 Å². The lowest BCUT2D eigenvalue weighted by molar-refractivity contribution is -0.193. The van der Waals surface area contributed by atoms with Crippen LogP contribution < -0.4 is 24.7 Å². The Morgan fingerprint density at radius 1 is 1.06 bits per heavy atom. The van der Waals surface area contributed by atoms with E-state index >= 15 is 0 Å². The highest BCUT2D eigenvalue weighted by Crippen LogP contribution is 2.43. The van der Waals surface area contributed by atoms with Crippen LogP contribution in [0.25, 0.3) is 0 Å². The fourth-order valence-corrected chi connectivity index (χ4v) is 9.60. The summed E-state index contributed by atoms with van der Waals surface area (Å²) in [5.41, 5.74) is 2.65. The van der Waals surface area contributed by atoms with Crippen molar-refractivity contribution in [1.82, 2.24) is 10.5 Å². The van der Waals surface area contributed by atoms with Crippen molar-refractivity contribution in [3.63, 3.8) is 0 Å². The summed E-state index contributed by atoms with van der Waals surface area (Å²) in [5.74, 6) is -0.800. The van der Waals surface area contributed by atoms with Gasteiger partial charge in [-0.2, -0.15) is 13.2 Å². The summed E-state index contributed by atoms with van der Waals surface area (Å²) < 4.78 is 102. The number of carbonyl (C=O) groups excluding carboxylic acids is 4.